The Balaban J connectivity index is 5.50. The van der Waals surface area contributed by atoms with Gasteiger partial charge in [-0.05, 0) is 24.9 Å². The third-order valence-corrected chi connectivity index (χ3v) is 4.58. The molecule has 0 aromatic rings. The zero-order valence-electron chi connectivity index (χ0n) is 13.8. The fourth-order valence-corrected chi connectivity index (χ4v) is 3.72. The molecule has 3 nitrogen and oxygen atoms in total. The summed E-state index contributed by atoms with van der Waals surface area (Å²) in [7, 11) is -1.39. The number of carbonyl (C=O) groups excluding carboxylic acids is 2. The lowest BCUT2D eigenvalue weighted by atomic mass is 9.67. The van der Waals surface area contributed by atoms with Crippen molar-refractivity contribution < 1.29 is 14.0 Å². The van der Waals surface area contributed by atoms with Gasteiger partial charge in [-0.3, -0.25) is 4.79 Å². The lowest BCUT2D eigenvalue weighted by Crippen LogP contribution is -2.53. The standard InChI is InChI=1S/C15H30O3Si/c1-9-12(17)14(5,6)10-15(11-16,13(2,3)4)18-19(7)8/h11,19H,9-10H2,1-8H3. The zero-order valence-corrected chi connectivity index (χ0v) is 14.9. The molecule has 0 aliphatic rings. The first-order chi connectivity index (χ1) is 8.42. The molecule has 0 aliphatic carbocycles. The molecule has 4 heteroatoms. The van der Waals surface area contributed by atoms with E-state index < -0.39 is 20.1 Å². The van der Waals surface area contributed by atoms with E-state index in [1.807, 2.05) is 41.5 Å². The average Bonchev–Trinajstić information content (AvgIpc) is 2.24. The minimum atomic E-state index is -1.39. The van der Waals surface area contributed by atoms with Crippen molar-refractivity contribution in [3.8, 4) is 0 Å². The van der Waals surface area contributed by atoms with Crippen LogP contribution in [0.3, 0.4) is 0 Å². The molecule has 0 saturated heterocycles. The van der Waals surface area contributed by atoms with Crippen LogP contribution in [-0.4, -0.2) is 26.7 Å². The van der Waals surface area contributed by atoms with Crippen molar-refractivity contribution in [3.05, 3.63) is 0 Å². The SMILES string of the molecule is CCC(=O)C(C)(C)CC(C=O)(O[SiH](C)C)C(C)(C)C. The second-order valence-corrected chi connectivity index (χ2v) is 9.59. The van der Waals surface area contributed by atoms with Crippen molar-refractivity contribution in [2.45, 2.75) is 73.1 Å². The van der Waals surface area contributed by atoms with Crippen molar-refractivity contribution in [1.29, 1.82) is 0 Å². The van der Waals surface area contributed by atoms with Crippen LogP contribution in [0.2, 0.25) is 13.1 Å². The topological polar surface area (TPSA) is 43.4 Å². The monoisotopic (exact) mass is 286 g/mol. The molecule has 112 valence electrons. The van der Waals surface area contributed by atoms with Crippen LogP contribution in [0.15, 0.2) is 0 Å². The first kappa shape index (κ1) is 18.5. The number of carbonyl (C=O) groups is 2. The van der Waals surface area contributed by atoms with Crippen molar-refractivity contribution in [3.63, 3.8) is 0 Å². The Morgan fingerprint density at radius 2 is 1.63 bits per heavy atom. The molecule has 0 bridgehead atoms. The highest BCUT2D eigenvalue weighted by atomic mass is 28.3. The van der Waals surface area contributed by atoms with E-state index >= 15 is 0 Å². The molecule has 0 aromatic carbocycles. The second-order valence-electron chi connectivity index (χ2n) is 7.26. The van der Waals surface area contributed by atoms with Crippen LogP contribution < -0.4 is 0 Å². The van der Waals surface area contributed by atoms with E-state index in [-0.39, 0.29) is 11.2 Å². The molecule has 0 N–H and O–H groups in total. The molecule has 0 heterocycles. The fourth-order valence-electron chi connectivity index (χ4n) is 2.38. The molecule has 1 atom stereocenters. The van der Waals surface area contributed by atoms with E-state index in [1.165, 1.54) is 0 Å². The summed E-state index contributed by atoms with van der Waals surface area (Å²) in [5.74, 6) is 0.178. The third-order valence-electron chi connectivity index (χ3n) is 3.69. The van der Waals surface area contributed by atoms with Gasteiger partial charge < -0.3 is 9.22 Å². The van der Waals surface area contributed by atoms with Gasteiger partial charge in [0.25, 0.3) is 0 Å². The van der Waals surface area contributed by atoms with E-state index in [2.05, 4.69) is 13.1 Å². The number of hydrogen-bond donors (Lipinski definition) is 0. The normalized spacial score (nSPS) is 16.3. The maximum atomic E-state index is 12.1. The highest BCUT2D eigenvalue weighted by Crippen LogP contribution is 2.42. The van der Waals surface area contributed by atoms with E-state index in [0.29, 0.717) is 12.8 Å². The van der Waals surface area contributed by atoms with E-state index in [4.69, 9.17) is 4.43 Å². The van der Waals surface area contributed by atoms with Crippen LogP contribution in [0, 0.1) is 10.8 Å². The van der Waals surface area contributed by atoms with Gasteiger partial charge >= 0.3 is 0 Å². The van der Waals surface area contributed by atoms with Crippen molar-refractivity contribution in [2.75, 3.05) is 0 Å². The zero-order chi connectivity index (χ0) is 15.5. The predicted octanol–water partition coefficient (Wildman–Crippen LogP) is 3.37. The van der Waals surface area contributed by atoms with Gasteiger partial charge in [0.2, 0.25) is 0 Å². The summed E-state index contributed by atoms with van der Waals surface area (Å²) in [5, 5.41) is 0. The maximum absolute atomic E-state index is 12.1. The summed E-state index contributed by atoms with van der Waals surface area (Å²) in [6.07, 6.45) is 1.86. The lowest BCUT2D eigenvalue weighted by molar-refractivity contribution is -0.142. The highest BCUT2D eigenvalue weighted by Gasteiger charge is 2.48. The number of Topliss-reactive ketones (excluding diaryl/α,β-unsaturated/α-hetero) is 1. The molecule has 0 amide bonds. The Morgan fingerprint density at radius 3 is 1.89 bits per heavy atom. The van der Waals surface area contributed by atoms with Gasteiger partial charge in [0, 0.05) is 11.8 Å². The minimum Gasteiger partial charge on any atom is -0.408 e. The van der Waals surface area contributed by atoms with Crippen LogP contribution in [-0.2, 0) is 14.0 Å². The molecule has 0 fully saturated rings. The molecular formula is C15H30O3Si. The van der Waals surface area contributed by atoms with Crippen LogP contribution in [0.25, 0.3) is 0 Å². The predicted molar refractivity (Wildman–Crippen MR) is 81.9 cm³/mol. The van der Waals surface area contributed by atoms with Crippen LogP contribution in [0.4, 0.5) is 0 Å². The molecule has 0 aromatic heterocycles. The Bertz CT molecular complexity index is 329. The van der Waals surface area contributed by atoms with Crippen LogP contribution in [0.5, 0.6) is 0 Å². The van der Waals surface area contributed by atoms with E-state index in [1.54, 1.807) is 0 Å². The maximum Gasteiger partial charge on any atom is 0.172 e. The largest absolute Gasteiger partial charge is 0.408 e. The highest BCUT2D eigenvalue weighted by molar-refractivity contribution is 6.48. The van der Waals surface area contributed by atoms with Gasteiger partial charge in [-0.1, -0.05) is 41.5 Å². The summed E-state index contributed by atoms with van der Waals surface area (Å²) in [4.78, 5) is 23.9. The van der Waals surface area contributed by atoms with Gasteiger partial charge in [-0.15, -0.1) is 0 Å². The smallest absolute Gasteiger partial charge is 0.172 e. The number of rotatable bonds is 7. The summed E-state index contributed by atoms with van der Waals surface area (Å²) >= 11 is 0. The summed E-state index contributed by atoms with van der Waals surface area (Å²) in [5.41, 5.74) is -1.73. The van der Waals surface area contributed by atoms with Gasteiger partial charge in [0.15, 0.2) is 15.3 Å². The molecule has 1 unspecified atom stereocenters. The molecule has 0 spiro atoms. The molecule has 0 aliphatic heterocycles. The number of aldehydes is 1. The van der Waals surface area contributed by atoms with Crippen molar-refractivity contribution in [1.82, 2.24) is 0 Å². The lowest BCUT2D eigenvalue weighted by Gasteiger charge is -2.45. The van der Waals surface area contributed by atoms with Crippen molar-refractivity contribution in [2.24, 2.45) is 10.8 Å². The Morgan fingerprint density at radius 1 is 1.16 bits per heavy atom. The van der Waals surface area contributed by atoms with Crippen molar-refractivity contribution >= 4 is 21.1 Å². The van der Waals surface area contributed by atoms with Gasteiger partial charge in [-0.2, -0.15) is 0 Å². The minimum absolute atomic E-state index is 0.178. The quantitative estimate of drug-likeness (QED) is 0.532. The summed E-state index contributed by atoms with van der Waals surface area (Å²) in [6, 6.07) is 0. The first-order valence-corrected chi connectivity index (χ1v) is 9.87. The summed E-state index contributed by atoms with van der Waals surface area (Å²) in [6.45, 7) is 15.8. The molecule has 0 radical (unpaired) electrons. The molecule has 0 saturated carbocycles. The number of ketones is 1. The molecule has 19 heavy (non-hydrogen) atoms. The summed E-state index contributed by atoms with van der Waals surface area (Å²) < 4.78 is 6.10. The Kier molecular flexibility index (Phi) is 6.15. The Labute approximate surface area is 119 Å². The van der Waals surface area contributed by atoms with E-state index in [9.17, 15) is 9.59 Å². The van der Waals surface area contributed by atoms with Gasteiger partial charge in [-0.25, -0.2) is 0 Å². The second kappa shape index (κ2) is 6.31. The third kappa shape index (κ3) is 4.53. The number of hydrogen-bond acceptors (Lipinski definition) is 3. The first-order valence-electron chi connectivity index (χ1n) is 7.09. The van der Waals surface area contributed by atoms with Gasteiger partial charge in [0.1, 0.15) is 11.4 Å². The Hall–Kier alpha value is -0.483. The average molecular weight is 286 g/mol. The molecular weight excluding hydrogens is 256 g/mol. The fraction of sp³-hybridized carbons (Fsp3) is 0.867. The van der Waals surface area contributed by atoms with Crippen LogP contribution >= 0.6 is 0 Å². The van der Waals surface area contributed by atoms with Crippen LogP contribution in [0.1, 0.15) is 54.4 Å². The van der Waals surface area contributed by atoms with E-state index in [0.717, 1.165) is 6.29 Å². The van der Waals surface area contributed by atoms with Gasteiger partial charge in [0.05, 0.1) is 0 Å². The molecule has 0 rings (SSSR count).